The Labute approximate surface area is 138 Å². The van der Waals surface area contributed by atoms with Crippen LogP contribution >= 0.6 is 34.8 Å². The highest BCUT2D eigenvalue weighted by Gasteiger charge is 2.10. The first kappa shape index (κ1) is 16.1. The molecule has 7 heteroatoms. The van der Waals surface area contributed by atoms with E-state index in [0.717, 1.165) is 36.1 Å². The van der Waals surface area contributed by atoms with Crippen molar-refractivity contribution in [2.75, 3.05) is 11.5 Å². The Balaban J connectivity index is 2.07. The van der Waals surface area contributed by atoms with Gasteiger partial charge in [0.25, 0.3) is 0 Å². The summed E-state index contributed by atoms with van der Waals surface area (Å²) >= 11 is 18.1. The number of hydrogen-bond acceptors (Lipinski definition) is 4. The number of hydrogen-bond donors (Lipinski definition) is 2. The van der Waals surface area contributed by atoms with Gasteiger partial charge in [0, 0.05) is 16.3 Å². The Morgan fingerprint density at radius 1 is 0.952 bits per heavy atom. The summed E-state index contributed by atoms with van der Waals surface area (Å²) in [6.07, 6.45) is 2.35. The minimum Gasteiger partial charge on any atom is -0.383 e. The van der Waals surface area contributed by atoms with Gasteiger partial charge in [-0.15, -0.1) is 0 Å². The van der Waals surface area contributed by atoms with Crippen LogP contribution < -0.4 is 11.5 Å². The molecular weight excluding hydrogens is 331 g/mol. The molecule has 1 aromatic carbocycles. The molecule has 0 aliphatic rings. The molecule has 0 atom stereocenters. The molecule has 0 spiro atoms. The van der Waals surface area contributed by atoms with Crippen LogP contribution in [0, 0.1) is 6.92 Å². The van der Waals surface area contributed by atoms with E-state index >= 15 is 0 Å². The van der Waals surface area contributed by atoms with Crippen LogP contribution in [0.4, 0.5) is 11.8 Å². The predicted octanol–water partition coefficient (Wildman–Crippen LogP) is 4.08. The van der Waals surface area contributed by atoms with Gasteiger partial charge in [-0.2, -0.15) is 4.98 Å². The lowest BCUT2D eigenvalue weighted by molar-refractivity contribution is 0.807. The minimum absolute atomic E-state index is 0.196. The summed E-state index contributed by atoms with van der Waals surface area (Å²) in [7, 11) is 0. The summed E-state index contributed by atoms with van der Waals surface area (Å²) in [4.78, 5) is 8.11. The lowest BCUT2D eigenvalue weighted by Gasteiger charge is -2.10. The fourth-order valence-electron chi connectivity index (χ4n) is 2.16. The summed E-state index contributed by atoms with van der Waals surface area (Å²) in [5, 5.41) is 1.57. The summed E-state index contributed by atoms with van der Waals surface area (Å²) in [6.45, 7) is 1.87. The van der Waals surface area contributed by atoms with Gasteiger partial charge in [0.15, 0.2) is 0 Å². The molecule has 0 saturated carbocycles. The van der Waals surface area contributed by atoms with Gasteiger partial charge in [0.05, 0.1) is 10.0 Å². The molecule has 0 aliphatic heterocycles. The maximum Gasteiger partial charge on any atom is 0.222 e. The minimum atomic E-state index is 0.196. The van der Waals surface area contributed by atoms with Crippen molar-refractivity contribution in [2.45, 2.75) is 26.2 Å². The van der Waals surface area contributed by atoms with Crippen LogP contribution in [0.15, 0.2) is 12.1 Å². The predicted molar refractivity (Wildman–Crippen MR) is 89.1 cm³/mol. The number of anilines is 2. The van der Waals surface area contributed by atoms with Crippen molar-refractivity contribution in [3.05, 3.63) is 44.0 Å². The average Bonchev–Trinajstić information content (AvgIpc) is 2.38. The molecule has 0 amide bonds. The van der Waals surface area contributed by atoms with Crippen LogP contribution in [0.3, 0.4) is 0 Å². The second-order valence-electron chi connectivity index (χ2n) is 4.74. The third kappa shape index (κ3) is 3.90. The van der Waals surface area contributed by atoms with Gasteiger partial charge in [0.1, 0.15) is 5.82 Å². The van der Waals surface area contributed by atoms with E-state index in [2.05, 4.69) is 9.97 Å². The highest BCUT2D eigenvalue weighted by molar-refractivity contribution is 6.43. The lowest BCUT2D eigenvalue weighted by atomic mass is 10.0. The summed E-state index contributed by atoms with van der Waals surface area (Å²) < 4.78 is 0. The van der Waals surface area contributed by atoms with Gasteiger partial charge in [-0.3, -0.25) is 0 Å². The number of nitrogens with zero attached hydrogens (tertiary/aromatic N) is 2. The van der Waals surface area contributed by atoms with Crippen molar-refractivity contribution in [1.29, 1.82) is 0 Å². The number of benzene rings is 1. The molecule has 0 radical (unpaired) electrons. The third-order valence-corrected chi connectivity index (χ3v) is 4.30. The van der Waals surface area contributed by atoms with Crippen molar-refractivity contribution in [2.24, 2.45) is 0 Å². The molecule has 4 N–H and O–H groups in total. The van der Waals surface area contributed by atoms with E-state index in [-0.39, 0.29) is 5.95 Å². The second kappa shape index (κ2) is 6.69. The number of aromatic nitrogens is 2. The number of nitrogens with two attached hydrogens (primary N) is 2. The first-order valence-corrected chi connectivity index (χ1v) is 7.53. The van der Waals surface area contributed by atoms with Gasteiger partial charge in [-0.05, 0) is 43.9 Å². The molecule has 4 nitrogen and oxygen atoms in total. The van der Waals surface area contributed by atoms with E-state index in [0.29, 0.717) is 20.9 Å². The molecule has 0 aliphatic carbocycles. The van der Waals surface area contributed by atoms with Gasteiger partial charge < -0.3 is 11.5 Å². The first-order chi connectivity index (χ1) is 9.88. The number of aryl methyl sites for hydroxylation is 2. The number of rotatable bonds is 4. The monoisotopic (exact) mass is 344 g/mol. The maximum atomic E-state index is 6.16. The van der Waals surface area contributed by atoms with Crippen molar-refractivity contribution < 1.29 is 0 Å². The Hall–Kier alpha value is -1.23. The third-order valence-electron chi connectivity index (χ3n) is 3.23. The quantitative estimate of drug-likeness (QED) is 0.818. The second-order valence-corrected chi connectivity index (χ2v) is 5.96. The fraction of sp³-hybridized carbons (Fsp3) is 0.286. The molecular formula is C14H15Cl3N4. The lowest BCUT2D eigenvalue weighted by Crippen LogP contribution is -2.07. The van der Waals surface area contributed by atoms with Gasteiger partial charge in [-0.25, -0.2) is 4.98 Å². The zero-order valence-corrected chi connectivity index (χ0v) is 13.7. The largest absolute Gasteiger partial charge is 0.383 e. The van der Waals surface area contributed by atoms with Crippen LogP contribution in [0.25, 0.3) is 0 Å². The van der Waals surface area contributed by atoms with E-state index in [9.17, 15) is 0 Å². The Kier molecular flexibility index (Phi) is 5.14. The molecule has 21 heavy (non-hydrogen) atoms. The van der Waals surface area contributed by atoms with Crippen molar-refractivity contribution in [3.8, 4) is 0 Å². The van der Waals surface area contributed by atoms with Gasteiger partial charge in [0.2, 0.25) is 5.95 Å². The van der Waals surface area contributed by atoms with Crippen LogP contribution in [-0.4, -0.2) is 9.97 Å². The molecule has 1 aromatic heterocycles. The molecule has 0 fully saturated rings. The van der Waals surface area contributed by atoms with Crippen LogP contribution in [-0.2, 0) is 12.8 Å². The number of nitrogen functional groups attached to an aromatic ring is 2. The zero-order chi connectivity index (χ0) is 15.6. The molecule has 0 unspecified atom stereocenters. The molecule has 0 bridgehead atoms. The van der Waals surface area contributed by atoms with Crippen molar-refractivity contribution in [1.82, 2.24) is 9.97 Å². The van der Waals surface area contributed by atoms with Gasteiger partial charge >= 0.3 is 0 Å². The van der Waals surface area contributed by atoms with E-state index in [1.165, 1.54) is 0 Å². The number of halogens is 3. The first-order valence-electron chi connectivity index (χ1n) is 6.40. The molecule has 2 rings (SSSR count). The smallest absolute Gasteiger partial charge is 0.222 e. The Morgan fingerprint density at radius 2 is 1.62 bits per heavy atom. The summed E-state index contributed by atoms with van der Waals surface area (Å²) in [5.41, 5.74) is 14.1. The van der Waals surface area contributed by atoms with E-state index in [4.69, 9.17) is 46.3 Å². The normalized spacial score (nSPS) is 10.9. The average molecular weight is 346 g/mol. The highest BCUT2D eigenvalue weighted by atomic mass is 35.5. The summed E-state index contributed by atoms with van der Waals surface area (Å²) in [6, 6.07) is 3.45. The van der Waals surface area contributed by atoms with E-state index in [1.54, 1.807) is 12.1 Å². The van der Waals surface area contributed by atoms with E-state index in [1.807, 2.05) is 6.92 Å². The van der Waals surface area contributed by atoms with E-state index < -0.39 is 0 Å². The van der Waals surface area contributed by atoms with Crippen LogP contribution in [0.1, 0.15) is 23.2 Å². The highest BCUT2D eigenvalue weighted by Crippen LogP contribution is 2.30. The standard InChI is InChI=1S/C14H15Cl3N4/c1-7-9(13(18)21-14(19)20-7)4-2-3-8-5-11(16)12(17)6-10(8)15/h5-6H,2-4H2,1H3,(H4,18,19,20,21). The Morgan fingerprint density at radius 3 is 2.29 bits per heavy atom. The zero-order valence-electron chi connectivity index (χ0n) is 11.5. The van der Waals surface area contributed by atoms with Crippen LogP contribution in [0.5, 0.6) is 0 Å². The van der Waals surface area contributed by atoms with Gasteiger partial charge in [-0.1, -0.05) is 34.8 Å². The molecule has 2 aromatic rings. The molecule has 1 heterocycles. The SMILES string of the molecule is Cc1nc(N)nc(N)c1CCCc1cc(Cl)c(Cl)cc1Cl. The molecule has 0 saturated heterocycles. The maximum absolute atomic E-state index is 6.16. The van der Waals surface area contributed by atoms with Crippen molar-refractivity contribution in [3.63, 3.8) is 0 Å². The Bertz CT molecular complexity index is 651. The van der Waals surface area contributed by atoms with Crippen molar-refractivity contribution >= 4 is 46.6 Å². The van der Waals surface area contributed by atoms with Crippen LogP contribution in [0.2, 0.25) is 15.1 Å². The molecule has 112 valence electrons. The summed E-state index contributed by atoms with van der Waals surface area (Å²) in [5.74, 6) is 0.626. The topological polar surface area (TPSA) is 77.8 Å². The fourth-order valence-corrected chi connectivity index (χ4v) is 2.82.